The number of aromatic nitrogens is 1. The van der Waals surface area contributed by atoms with E-state index in [4.69, 9.17) is 16.6 Å². The molecule has 0 fully saturated rings. The average Bonchev–Trinajstić information content (AvgIpc) is 3.20. The molecule has 120 valence electrons. The van der Waals surface area contributed by atoms with Gasteiger partial charge in [0.05, 0.1) is 12.3 Å². The molecule has 2 heterocycles. The van der Waals surface area contributed by atoms with Gasteiger partial charge in [-0.25, -0.2) is 4.99 Å². The molecule has 0 N–H and O–H groups in total. The molecule has 0 spiro atoms. The molecule has 3 aromatic carbocycles. The molecule has 0 radical (unpaired) electrons. The van der Waals surface area contributed by atoms with Crippen LogP contribution in [0.1, 0.15) is 5.56 Å². The van der Waals surface area contributed by atoms with Crippen molar-refractivity contribution >= 4 is 33.9 Å². The first kappa shape index (κ1) is 14.5. The van der Waals surface area contributed by atoms with Gasteiger partial charge in [-0.15, -0.1) is 0 Å². The Bertz CT molecular complexity index is 1110. The summed E-state index contributed by atoms with van der Waals surface area (Å²) in [6.07, 6.45) is 2.13. The second-order valence-corrected chi connectivity index (χ2v) is 6.75. The lowest BCUT2D eigenvalue weighted by Gasteiger charge is -2.05. The summed E-state index contributed by atoms with van der Waals surface area (Å²) >= 11 is 6.09. The molecular weight excluding hydrogens is 328 g/mol. The van der Waals surface area contributed by atoms with Gasteiger partial charge in [-0.05, 0) is 34.9 Å². The highest BCUT2D eigenvalue weighted by molar-refractivity contribution is 6.31. The summed E-state index contributed by atoms with van der Waals surface area (Å²) in [5.74, 6) is 1.02. The van der Waals surface area contributed by atoms with Gasteiger partial charge >= 0.3 is 0 Å². The lowest BCUT2D eigenvalue weighted by molar-refractivity contribution is 0.906. The SMILES string of the molecule is Clc1ccc2c3n(cc2c1)CC(c1ccc(-c2ccccc2)cc1)=N3. The summed E-state index contributed by atoms with van der Waals surface area (Å²) in [6, 6.07) is 25.0. The standard InChI is InChI=1S/C22H15ClN2/c23-19-10-11-20-18(12-19)13-25-14-21(24-22(20)25)17-8-6-16(7-9-17)15-4-2-1-3-5-15/h1-13H,14H2. The maximum absolute atomic E-state index is 6.09. The van der Waals surface area contributed by atoms with Gasteiger partial charge in [0.25, 0.3) is 0 Å². The third-order valence-corrected chi connectivity index (χ3v) is 4.94. The molecule has 0 aliphatic carbocycles. The molecule has 0 bridgehead atoms. The number of hydrogen-bond acceptors (Lipinski definition) is 1. The zero-order valence-corrected chi connectivity index (χ0v) is 14.2. The van der Waals surface area contributed by atoms with Crippen LogP contribution in [0.4, 0.5) is 5.82 Å². The fourth-order valence-corrected chi connectivity index (χ4v) is 3.62. The highest BCUT2D eigenvalue weighted by Crippen LogP contribution is 2.34. The molecule has 0 amide bonds. The van der Waals surface area contributed by atoms with Gasteiger partial charge in [0, 0.05) is 22.0 Å². The molecule has 2 nitrogen and oxygen atoms in total. The van der Waals surface area contributed by atoms with Crippen molar-refractivity contribution in [2.75, 3.05) is 0 Å². The van der Waals surface area contributed by atoms with Crippen molar-refractivity contribution in [3.63, 3.8) is 0 Å². The monoisotopic (exact) mass is 342 g/mol. The Morgan fingerprint density at radius 2 is 1.52 bits per heavy atom. The maximum atomic E-state index is 6.09. The molecule has 3 heteroatoms. The lowest BCUT2D eigenvalue weighted by Crippen LogP contribution is -2.04. The molecular formula is C22H15ClN2. The van der Waals surface area contributed by atoms with Crippen LogP contribution in [0.5, 0.6) is 0 Å². The van der Waals surface area contributed by atoms with Gasteiger partial charge in [0.1, 0.15) is 5.82 Å². The van der Waals surface area contributed by atoms with Gasteiger partial charge in [-0.1, -0.05) is 66.2 Å². The van der Waals surface area contributed by atoms with Crippen LogP contribution >= 0.6 is 11.6 Å². The second kappa shape index (κ2) is 5.61. The fourth-order valence-electron chi connectivity index (χ4n) is 3.44. The molecule has 1 aromatic heterocycles. The van der Waals surface area contributed by atoms with Crippen LogP contribution in [0, 0.1) is 0 Å². The fraction of sp³-hybridized carbons (Fsp3) is 0.0455. The number of aliphatic imine (C=N–C) groups is 1. The van der Waals surface area contributed by atoms with Crippen LogP contribution < -0.4 is 0 Å². The second-order valence-electron chi connectivity index (χ2n) is 6.31. The van der Waals surface area contributed by atoms with Crippen molar-refractivity contribution in [2.24, 2.45) is 4.99 Å². The van der Waals surface area contributed by atoms with Gasteiger partial charge < -0.3 is 4.57 Å². The molecule has 1 aliphatic rings. The van der Waals surface area contributed by atoms with E-state index in [1.165, 1.54) is 16.7 Å². The Morgan fingerprint density at radius 1 is 0.800 bits per heavy atom. The quantitative estimate of drug-likeness (QED) is 0.419. The summed E-state index contributed by atoms with van der Waals surface area (Å²) in [7, 11) is 0. The first-order valence-electron chi connectivity index (χ1n) is 8.30. The predicted molar refractivity (Wildman–Crippen MR) is 105 cm³/mol. The van der Waals surface area contributed by atoms with E-state index in [0.29, 0.717) is 0 Å². The molecule has 0 saturated heterocycles. The Kier molecular flexibility index (Phi) is 3.25. The largest absolute Gasteiger partial charge is 0.326 e. The van der Waals surface area contributed by atoms with E-state index in [9.17, 15) is 0 Å². The lowest BCUT2D eigenvalue weighted by atomic mass is 10.0. The van der Waals surface area contributed by atoms with E-state index >= 15 is 0 Å². The van der Waals surface area contributed by atoms with Crippen LogP contribution in [0.25, 0.3) is 21.9 Å². The summed E-state index contributed by atoms with van der Waals surface area (Å²) in [5.41, 5.74) is 4.73. The number of benzene rings is 3. The van der Waals surface area contributed by atoms with Crippen LogP contribution in [0.3, 0.4) is 0 Å². The Balaban J connectivity index is 1.50. The van der Waals surface area contributed by atoms with Gasteiger partial charge in [0.2, 0.25) is 0 Å². The zero-order chi connectivity index (χ0) is 16.8. The summed E-state index contributed by atoms with van der Waals surface area (Å²) in [4.78, 5) is 4.88. The minimum absolute atomic E-state index is 0.762. The zero-order valence-electron chi connectivity index (χ0n) is 13.5. The van der Waals surface area contributed by atoms with Crippen LogP contribution in [-0.2, 0) is 6.54 Å². The topological polar surface area (TPSA) is 17.3 Å². The number of halogens is 1. The minimum atomic E-state index is 0.762. The average molecular weight is 343 g/mol. The van der Waals surface area contributed by atoms with Crippen molar-refractivity contribution in [2.45, 2.75) is 6.54 Å². The first-order chi connectivity index (χ1) is 12.3. The number of hydrogen-bond donors (Lipinski definition) is 0. The third-order valence-electron chi connectivity index (χ3n) is 4.71. The summed E-state index contributed by atoms with van der Waals surface area (Å²) < 4.78 is 2.20. The van der Waals surface area contributed by atoms with E-state index < -0.39 is 0 Å². The number of rotatable bonds is 2. The summed E-state index contributed by atoms with van der Waals surface area (Å²) in [6.45, 7) is 0.798. The van der Waals surface area contributed by atoms with Crippen molar-refractivity contribution in [1.29, 1.82) is 0 Å². The maximum Gasteiger partial charge on any atom is 0.141 e. The molecule has 4 aromatic rings. The third kappa shape index (κ3) is 2.46. The van der Waals surface area contributed by atoms with E-state index in [1.807, 2.05) is 18.2 Å². The van der Waals surface area contributed by atoms with E-state index in [1.54, 1.807) is 0 Å². The Morgan fingerprint density at radius 3 is 2.32 bits per heavy atom. The van der Waals surface area contributed by atoms with E-state index in [-0.39, 0.29) is 0 Å². The molecule has 25 heavy (non-hydrogen) atoms. The van der Waals surface area contributed by atoms with Crippen molar-refractivity contribution in [3.8, 4) is 11.1 Å². The van der Waals surface area contributed by atoms with Crippen molar-refractivity contribution in [3.05, 3.63) is 89.6 Å². The van der Waals surface area contributed by atoms with Crippen molar-refractivity contribution < 1.29 is 0 Å². The Hall–Kier alpha value is -2.84. The van der Waals surface area contributed by atoms with Crippen LogP contribution in [-0.4, -0.2) is 10.3 Å². The van der Waals surface area contributed by atoms with Gasteiger partial charge in [-0.3, -0.25) is 0 Å². The molecule has 0 atom stereocenters. The molecule has 0 saturated carbocycles. The van der Waals surface area contributed by atoms with Crippen LogP contribution in [0.2, 0.25) is 5.02 Å². The Labute approximate surface area is 151 Å². The molecule has 0 unspecified atom stereocenters. The highest BCUT2D eigenvalue weighted by Gasteiger charge is 2.18. The van der Waals surface area contributed by atoms with Crippen molar-refractivity contribution in [1.82, 2.24) is 4.57 Å². The van der Waals surface area contributed by atoms with Gasteiger partial charge in [-0.2, -0.15) is 0 Å². The molecule has 5 rings (SSSR count). The minimum Gasteiger partial charge on any atom is -0.326 e. The molecule has 1 aliphatic heterocycles. The first-order valence-corrected chi connectivity index (χ1v) is 8.67. The summed E-state index contributed by atoms with van der Waals surface area (Å²) in [5, 5.41) is 3.06. The smallest absolute Gasteiger partial charge is 0.141 e. The predicted octanol–water partition coefficient (Wildman–Crippen LogP) is 6.10. The van der Waals surface area contributed by atoms with E-state index in [0.717, 1.165) is 33.9 Å². The van der Waals surface area contributed by atoms with E-state index in [2.05, 4.69) is 65.4 Å². The van der Waals surface area contributed by atoms with Crippen LogP contribution in [0.15, 0.2) is 84.0 Å². The van der Waals surface area contributed by atoms with Gasteiger partial charge in [0.15, 0.2) is 0 Å². The normalized spacial score (nSPS) is 13.1. The number of fused-ring (bicyclic) bond motifs is 3. The highest BCUT2D eigenvalue weighted by atomic mass is 35.5. The number of nitrogens with zero attached hydrogens (tertiary/aromatic N) is 2.